The zero-order chi connectivity index (χ0) is 25.7. The van der Waals surface area contributed by atoms with Gasteiger partial charge in [-0.1, -0.05) is 78.9 Å². The second-order valence-electron chi connectivity index (χ2n) is 9.42. The average molecular weight is 501 g/mol. The normalized spacial score (nSPS) is 15.3. The number of imidazole rings is 1. The van der Waals surface area contributed by atoms with Gasteiger partial charge in [0.1, 0.15) is 5.82 Å². The van der Waals surface area contributed by atoms with Crippen molar-refractivity contribution in [1.82, 2.24) is 19.7 Å². The van der Waals surface area contributed by atoms with Gasteiger partial charge in [-0.25, -0.2) is 4.98 Å². The molecule has 0 spiro atoms. The van der Waals surface area contributed by atoms with Crippen molar-refractivity contribution in [2.24, 2.45) is 5.92 Å². The Balaban J connectivity index is 1.16. The van der Waals surface area contributed by atoms with Crippen molar-refractivity contribution < 1.29 is 4.79 Å². The number of hydrogen-bond donors (Lipinski definition) is 1. The Hall–Kier alpha value is -4.78. The topological polar surface area (TPSA) is 75.9 Å². The summed E-state index contributed by atoms with van der Waals surface area (Å²) < 4.78 is 1.93. The molecule has 1 atom stereocenters. The molecular formula is C31H28N6O. The van der Waals surface area contributed by atoms with Gasteiger partial charge in [-0.15, -0.1) is 10.2 Å². The number of piperidine rings is 1. The molecule has 1 amide bonds. The number of hydrogen-bond acceptors (Lipinski definition) is 5. The zero-order valence-corrected chi connectivity index (χ0v) is 20.9. The maximum Gasteiger partial charge on any atom is 0.229 e. The monoisotopic (exact) mass is 500 g/mol. The highest BCUT2D eigenvalue weighted by Crippen LogP contribution is 2.29. The number of benzene rings is 3. The summed E-state index contributed by atoms with van der Waals surface area (Å²) in [5, 5.41) is 12.2. The van der Waals surface area contributed by atoms with Crippen LogP contribution in [0.25, 0.3) is 28.3 Å². The molecule has 1 aliphatic heterocycles. The molecule has 2 aromatic heterocycles. The fourth-order valence-electron chi connectivity index (χ4n) is 5.00. The van der Waals surface area contributed by atoms with Crippen molar-refractivity contribution in [2.45, 2.75) is 12.8 Å². The molecule has 0 aliphatic carbocycles. The summed E-state index contributed by atoms with van der Waals surface area (Å²) in [6.07, 6.45) is 5.42. The van der Waals surface area contributed by atoms with Crippen LogP contribution in [0.1, 0.15) is 12.8 Å². The Morgan fingerprint density at radius 3 is 2.24 bits per heavy atom. The molecule has 3 heterocycles. The third-order valence-electron chi connectivity index (χ3n) is 6.94. The van der Waals surface area contributed by atoms with Gasteiger partial charge in [0.2, 0.25) is 5.91 Å². The first kappa shape index (κ1) is 23.6. The van der Waals surface area contributed by atoms with E-state index in [4.69, 9.17) is 0 Å². The van der Waals surface area contributed by atoms with Gasteiger partial charge in [-0.05, 0) is 36.6 Å². The molecule has 7 heteroatoms. The Morgan fingerprint density at radius 2 is 1.47 bits per heavy atom. The van der Waals surface area contributed by atoms with E-state index < -0.39 is 0 Å². The molecule has 38 heavy (non-hydrogen) atoms. The van der Waals surface area contributed by atoms with E-state index >= 15 is 0 Å². The lowest BCUT2D eigenvalue weighted by Gasteiger charge is -2.32. The number of amides is 1. The van der Waals surface area contributed by atoms with Gasteiger partial charge in [0.05, 0.1) is 5.92 Å². The molecular weight excluding hydrogens is 472 g/mol. The minimum absolute atomic E-state index is 0.0357. The number of carbonyl (C=O) groups is 1. The minimum atomic E-state index is -0.132. The molecule has 1 unspecified atom stereocenters. The highest BCUT2D eigenvalue weighted by Gasteiger charge is 2.27. The van der Waals surface area contributed by atoms with E-state index in [1.165, 1.54) is 0 Å². The van der Waals surface area contributed by atoms with Gasteiger partial charge < -0.3 is 10.2 Å². The first-order chi connectivity index (χ1) is 18.8. The van der Waals surface area contributed by atoms with E-state index in [1.807, 2.05) is 95.7 Å². The summed E-state index contributed by atoms with van der Waals surface area (Å²) in [6.45, 7) is 1.45. The van der Waals surface area contributed by atoms with Crippen molar-refractivity contribution in [1.29, 1.82) is 0 Å². The van der Waals surface area contributed by atoms with Gasteiger partial charge >= 0.3 is 0 Å². The quantitative estimate of drug-likeness (QED) is 0.316. The summed E-state index contributed by atoms with van der Waals surface area (Å²) >= 11 is 0. The standard InChI is InChI=1S/C31H28N6O/c38-31(33-27-16-8-7-15-26(27)23-10-3-1-4-11-23)25-14-9-20-36(22-25)28-17-18-29(35-34-28)37-21-19-32-30(37)24-12-5-2-6-13-24/h1-8,10-13,15-19,21,25H,9,14,20,22H2,(H,33,38). The molecule has 1 fully saturated rings. The SMILES string of the molecule is O=C(Nc1ccccc1-c1ccccc1)C1CCCN(c2ccc(-n3ccnc3-c3ccccc3)nn2)C1. The lowest BCUT2D eigenvalue weighted by molar-refractivity contribution is -0.120. The fourth-order valence-corrected chi connectivity index (χ4v) is 5.00. The molecule has 0 radical (unpaired) electrons. The smallest absolute Gasteiger partial charge is 0.229 e. The molecule has 1 N–H and O–H groups in total. The van der Waals surface area contributed by atoms with Crippen LogP contribution < -0.4 is 10.2 Å². The van der Waals surface area contributed by atoms with Crippen molar-refractivity contribution >= 4 is 17.4 Å². The molecule has 0 saturated carbocycles. The number of para-hydroxylation sites is 1. The fraction of sp³-hybridized carbons (Fsp3) is 0.161. The first-order valence-corrected chi connectivity index (χ1v) is 12.9. The Kier molecular flexibility index (Phi) is 6.64. The number of nitrogens with one attached hydrogen (secondary N) is 1. The maximum atomic E-state index is 13.3. The predicted molar refractivity (Wildman–Crippen MR) is 150 cm³/mol. The first-order valence-electron chi connectivity index (χ1n) is 12.9. The summed E-state index contributed by atoms with van der Waals surface area (Å²) in [4.78, 5) is 20.0. The molecule has 3 aromatic carbocycles. The Bertz CT molecular complexity index is 1520. The van der Waals surface area contributed by atoms with Crippen molar-refractivity contribution in [3.05, 3.63) is 109 Å². The van der Waals surface area contributed by atoms with Crippen molar-refractivity contribution in [2.75, 3.05) is 23.3 Å². The lowest BCUT2D eigenvalue weighted by atomic mass is 9.96. The summed E-state index contributed by atoms with van der Waals surface area (Å²) in [5.41, 5.74) is 3.95. The number of anilines is 2. The van der Waals surface area contributed by atoms with Crippen LogP contribution in [-0.2, 0) is 4.79 Å². The van der Waals surface area contributed by atoms with E-state index in [-0.39, 0.29) is 11.8 Å². The van der Waals surface area contributed by atoms with E-state index in [9.17, 15) is 4.79 Å². The van der Waals surface area contributed by atoms with E-state index in [2.05, 4.69) is 37.5 Å². The maximum absolute atomic E-state index is 13.3. The van der Waals surface area contributed by atoms with Crippen molar-refractivity contribution in [3.8, 4) is 28.3 Å². The summed E-state index contributed by atoms with van der Waals surface area (Å²) in [7, 11) is 0. The predicted octanol–water partition coefficient (Wildman–Crippen LogP) is 5.85. The van der Waals surface area contributed by atoms with Crippen LogP contribution in [0, 0.1) is 5.92 Å². The van der Waals surface area contributed by atoms with Crippen LogP contribution in [0.5, 0.6) is 0 Å². The molecule has 1 aliphatic rings. The van der Waals surface area contributed by atoms with E-state index in [0.717, 1.165) is 53.4 Å². The molecule has 0 bridgehead atoms. The third-order valence-corrected chi connectivity index (χ3v) is 6.94. The van der Waals surface area contributed by atoms with Gasteiger partial charge in [0, 0.05) is 42.3 Å². The zero-order valence-electron chi connectivity index (χ0n) is 20.9. The second-order valence-corrected chi connectivity index (χ2v) is 9.42. The third kappa shape index (κ3) is 4.91. The lowest BCUT2D eigenvalue weighted by Crippen LogP contribution is -2.41. The van der Waals surface area contributed by atoms with Gasteiger partial charge in [-0.2, -0.15) is 0 Å². The minimum Gasteiger partial charge on any atom is -0.354 e. The van der Waals surface area contributed by atoms with Crippen LogP contribution >= 0.6 is 0 Å². The molecule has 1 saturated heterocycles. The van der Waals surface area contributed by atoms with Crippen LogP contribution in [0.4, 0.5) is 11.5 Å². The molecule has 5 aromatic rings. The van der Waals surface area contributed by atoms with Crippen LogP contribution in [0.3, 0.4) is 0 Å². The highest BCUT2D eigenvalue weighted by molar-refractivity contribution is 5.97. The summed E-state index contributed by atoms with van der Waals surface area (Å²) in [6, 6.07) is 32.0. The van der Waals surface area contributed by atoms with Gasteiger partial charge in [0.25, 0.3) is 0 Å². The number of aromatic nitrogens is 4. The van der Waals surface area contributed by atoms with Gasteiger partial charge in [0.15, 0.2) is 11.6 Å². The van der Waals surface area contributed by atoms with Gasteiger partial charge in [-0.3, -0.25) is 9.36 Å². The molecule has 7 nitrogen and oxygen atoms in total. The van der Waals surface area contributed by atoms with Crippen molar-refractivity contribution in [3.63, 3.8) is 0 Å². The number of rotatable bonds is 6. The van der Waals surface area contributed by atoms with E-state index in [0.29, 0.717) is 12.4 Å². The second kappa shape index (κ2) is 10.7. The van der Waals surface area contributed by atoms with Crippen LogP contribution in [0.2, 0.25) is 0 Å². The summed E-state index contributed by atoms with van der Waals surface area (Å²) in [5.74, 6) is 2.20. The Morgan fingerprint density at radius 1 is 0.789 bits per heavy atom. The number of carbonyl (C=O) groups excluding carboxylic acids is 1. The largest absolute Gasteiger partial charge is 0.354 e. The van der Waals surface area contributed by atoms with Crippen LogP contribution in [0.15, 0.2) is 109 Å². The molecule has 188 valence electrons. The molecule has 6 rings (SSSR count). The highest BCUT2D eigenvalue weighted by atomic mass is 16.1. The Labute approximate surface area is 221 Å². The van der Waals surface area contributed by atoms with E-state index in [1.54, 1.807) is 6.20 Å². The van der Waals surface area contributed by atoms with Crippen LogP contribution in [-0.4, -0.2) is 38.7 Å². The average Bonchev–Trinajstić information content (AvgIpc) is 3.49. The number of nitrogens with zero attached hydrogens (tertiary/aromatic N) is 5.